The second-order valence-electron chi connectivity index (χ2n) is 6.09. The summed E-state index contributed by atoms with van der Waals surface area (Å²) in [4.78, 5) is 19.7. The lowest BCUT2D eigenvalue weighted by molar-refractivity contribution is 0.0794. The van der Waals surface area contributed by atoms with Gasteiger partial charge in [0.25, 0.3) is 5.91 Å². The zero-order valence-corrected chi connectivity index (χ0v) is 13.6. The van der Waals surface area contributed by atoms with Gasteiger partial charge in [-0.15, -0.1) is 11.3 Å². The molecule has 2 aliphatic heterocycles. The number of hydrogen-bond donors (Lipinski definition) is 0. The molecule has 4 rings (SSSR count). The molecule has 0 N–H and O–H groups in total. The Morgan fingerprint density at radius 3 is 2.91 bits per heavy atom. The van der Waals surface area contributed by atoms with E-state index in [1.54, 1.807) is 0 Å². The van der Waals surface area contributed by atoms with Crippen LogP contribution in [0, 0.1) is 0 Å². The van der Waals surface area contributed by atoms with Gasteiger partial charge in [-0.25, -0.2) is 0 Å². The van der Waals surface area contributed by atoms with Crippen molar-refractivity contribution < 1.29 is 14.1 Å². The fourth-order valence-electron chi connectivity index (χ4n) is 3.24. The number of rotatable bonds is 3. The minimum Gasteiger partial charge on any atom is -0.381 e. The lowest BCUT2D eigenvalue weighted by atomic mass is 10.00. The summed E-state index contributed by atoms with van der Waals surface area (Å²) in [6, 6.07) is 3.78. The van der Waals surface area contributed by atoms with Crippen LogP contribution in [0.5, 0.6) is 0 Å². The topological polar surface area (TPSA) is 68.5 Å². The first-order chi connectivity index (χ1) is 11.3. The number of hydrogen-bond acceptors (Lipinski definition) is 6. The molecule has 2 saturated heterocycles. The number of aromatic nitrogens is 2. The summed E-state index contributed by atoms with van der Waals surface area (Å²) in [6.45, 7) is 2.94. The molecule has 7 heteroatoms. The maximum absolute atomic E-state index is 12.4. The SMILES string of the molecule is O=C(c1cccs1)N1CCC(c2nc(C3CCOCC3)no2)C1. The Balaban J connectivity index is 1.41. The summed E-state index contributed by atoms with van der Waals surface area (Å²) >= 11 is 1.48. The second kappa shape index (κ2) is 6.41. The van der Waals surface area contributed by atoms with Crippen molar-refractivity contribution in [3.05, 3.63) is 34.1 Å². The molecule has 2 aliphatic rings. The van der Waals surface area contributed by atoms with E-state index >= 15 is 0 Å². The smallest absolute Gasteiger partial charge is 0.263 e. The number of carbonyl (C=O) groups excluding carboxylic acids is 1. The number of amides is 1. The van der Waals surface area contributed by atoms with E-state index in [1.165, 1.54) is 11.3 Å². The van der Waals surface area contributed by atoms with Crippen molar-refractivity contribution >= 4 is 17.2 Å². The Labute approximate surface area is 138 Å². The van der Waals surface area contributed by atoms with Gasteiger partial charge >= 0.3 is 0 Å². The lowest BCUT2D eigenvalue weighted by Gasteiger charge is -2.18. The van der Waals surface area contributed by atoms with Crippen LogP contribution in [0.4, 0.5) is 0 Å². The molecule has 0 spiro atoms. The van der Waals surface area contributed by atoms with Crippen LogP contribution in [0.1, 0.15) is 52.5 Å². The van der Waals surface area contributed by atoms with Gasteiger partial charge in [-0.1, -0.05) is 11.2 Å². The van der Waals surface area contributed by atoms with Crippen LogP contribution in [-0.4, -0.2) is 47.3 Å². The third-order valence-electron chi connectivity index (χ3n) is 4.60. The summed E-state index contributed by atoms with van der Waals surface area (Å²) in [6.07, 6.45) is 2.78. The van der Waals surface area contributed by atoms with Crippen molar-refractivity contribution in [3.63, 3.8) is 0 Å². The second-order valence-corrected chi connectivity index (χ2v) is 7.04. The Kier molecular flexibility index (Phi) is 4.13. The molecule has 2 aromatic rings. The van der Waals surface area contributed by atoms with Gasteiger partial charge in [0.05, 0.1) is 10.8 Å². The molecule has 2 fully saturated rings. The van der Waals surface area contributed by atoms with E-state index in [2.05, 4.69) is 10.1 Å². The standard InChI is InChI=1S/C16H19N3O3S/c20-16(13-2-1-9-23-13)19-6-3-12(10-19)15-17-14(18-22-15)11-4-7-21-8-5-11/h1-2,9,11-12H,3-8,10H2. The van der Waals surface area contributed by atoms with E-state index in [9.17, 15) is 4.79 Å². The Morgan fingerprint density at radius 1 is 1.26 bits per heavy atom. The highest BCUT2D eigenvalue weighted by molar-refractivity contribution is 7.12. The molecule has 2 aromatic heterocycles. The molecule has 23 heavy (non-hydrogen) atoms. The van der Waals surface area contributed by atoms with E-state index < -0.39 is 0 Å². The molecular formula is C16H19N3O3S. The first kappa shape index (κ1) is 14.8. The Bertz CT molecular complexity index is 664. The quantitative estimate of drug-likeness (QED) is 0.864. The molecule has 1 amide bonds. The van der Waals surface area contributed by atoms with Crippen molar-refractivity contribution in [2.45, 2.75) is 31.1 Å². The summed E-state index contributed by atoms with van der Waals surface area (Å²) in [5.74, 6) is 2.07. The number of likely N-dealkylation sites (tertiary alicyclic amines) is 1. The zero-order chi connectivity index (χ0) is 15.6. The normalized spacial score (nSPS) is 22.6. The van der Waals surface area contributed by atoms with Gasteiger partial charge in [0.1, 0.15) is 0 Å². The van der Waals surface area contributed by atoms with Crippen LogP contribution in [0.3, 0.4) is 0 Å². The molecule has 0 bridgehead atoms. The molecule has 0 saturated carbocycles. The first-order valence-corrected chi connectivity index (χ1v) is 8.93. The summed E-state index contributed by atoms with van der Waals surface area (Å²) in [5, 5.41) is 6.09. The van der Waals surface area contributed by atoms with Gasteiger partial charge in [-0.2, -0.15) is 4.98 Å². The van der Waals surface area contributed by atoms with E-state index in [0.717, 1.165) is 49.7 Å². The van der Waals surface area contributed by atoms with Gasteiger partial charge in [0, 0.05) is 32.2 Å². The van der Waals surface area contributed by atoms with Crippen LogP contribution in [0.25, 0.3) is 0 Å². The average Bonchev–Trinajstić information content (AvgIpc) is 3.35. The lowest BCUT2D eigenvalue weighted by Crippen LogP contribution is -2.27. The van der Waals surface area contributed by atoms with Crippen LogP contribution in [-0.2, 0) is 4.74 Å². The molecule has 122 valence electrons. The van der Waals surface area contributed by atoms with Crippen molar-refractivity contribution in [1.29, 1.82) is 0 Å². The predicted octanol–water partition coefficient (Wildman–Crippen LogP) is 2.65. The fraction of sp³-hybridized carbons (Fsp3) is 0.562. The van der Waals surface area contributed by atoms with Gasteiger partial charge in [0.2, 0.25) is 5.89 Å². The maximum Gasteiger partial charge on any atom is 0.263 e. The van der Waals surface area contributed by atoms with E-state index in [4.69, 9.17) is 9.26 Å². The third-order valence-corrected chi connectivity index (χ3v) is 5.46. The zero-order valence-electron chi connectivity index (χ0n) is 12.8. The minimum absolute atomic E-state index is 0.103. The molecule has 6 nitrogen and oxygen atoms in total. The summed E-state index contributed by atoms with van der Waals surface area (Å²) in [5.41, 5.74) is 0. The number of thiophene rings is 1. The molecular weight excluding hydrogens is 314 g/mol. The van der Waals surface area contributed by atoms with Crippen LogP contribution in [0.15, 0.2) is 22.0 Å². The van der Waals surface area contributed by atoms with E-state index in [0.29, 0.717) is 18.4 Å². The van der Waals surface area contributed by atoms with Crippen molar-refractivity contribution in [2.24, 2.45) is 0 Å². The van der Waals surface area contributed by atoms with Gasteiger partial charge in [-0.05, 0) is 30.7 Å². The molecule has 1 unspecified atom stereocenters. The largest absolute Gasteiger partial charge is 0.381 e. The van der Waals surface area contributed by atoms with Crippen LogP contribution in [0.2, 0.25) is 0 Å². The molecule has 1 atom stereocenters. The number of carbonyl (C=O) groups is 1. The van der Waals surface area contributed by atoms with Gasteiger partial charge < -0.3 is 14.2 Å². The van der Waals surface area contributed by atoms with E-state index in [-0.39, 0.29) is 11.8 Å². The third kappa shape index (κ3) is 3.03. The first-order valence-electron chi connectivity index (χ1n) is 8.05. The van der Waals surface area contributed by atoms with Crippen molar-refractivity contribution in [2.75, 3.05) is 26.3 Å². The van der Waals surface area contributed by atoms with Crippen LogP contribution < -0.4 is 0 Å². The Hall–Kier alpha value is -1.73. The molecule has 0 radical (unpaired) electrons. The summed E-state index contributed by atoms with van der Waals surface area (Å²) < 4.78 is 10.9. The Morgan fingerprint density at radius 2 is 2.13 bits per heavy atom. The van der Waals surface area contributed by atoms with Crippen LogP contribution >= 0.6 is 11.3 Å². The van der Waals surface area contributed by atoms with E-state index in [1.807, 2.05) is 22.4 Å². The van der Waals surface area contributed by atoms with Gasteiger partial charge in [-0.3, -0.25) is 4.79 Å². The van der Waals surface area contributed by atoms with Crippen molar-refractivity contribution in [3.8, 4) is 0 Å². The molecule has 0 aliphatic carbocycles. The highest BCUT2D eigenvalue weighted by Crippen LogP contribution is 2.30. The highest BCUT2D eigenvalue weighted by Gasteiger charge is 2.32. The minimum atomic E-state index is 0.103. The highest BCUT2D eigenvalue weighted by atomic mass is 32.1. The van der Waals surface area contributed by atoms with Crippen molar-refractivity contribution in [1.82, 2.24) is 15.0 Å². The molecule has 4 heterocycles. The fourth-order valence-corrected chi connectivity index (χ4v) is 3.93. The van der Waals surface area contributed by atoms with Gasteiger partial charge in [0.15, 0.2) is 5.82 Å². The molecule has 0 aromatic carbocycles. The number of nitrogens with zero attached hydrogens (tertiary/aromatic N) is 3. The monoisotopic (exact) mass is 333 g/mol. The summed E-state index contributed by atoms with van der Waals surface area (Å²) in [7, 11) is 0. The average molecular weight is 333 g/mol. The predicted molar refractivity (Wildman–Crippen MR) is 84.7 cm³/mol. The maximum atomic E-state index is 12.4. The number of ether oxygens (including phenoxy) is 1.